The number of nitro groups is 1. The number of nitro benzene ring substituents is 1. The minimum atomic E-state index is -0.560. The van der Waals surface area contributed by atoms with E-state index in [-0.39, 0.29) is 34.4 Å². The normalized spacial score (nSPS) is 11.0. The van der Waals surface area contributed by atoms with E-state index < -0.39 is 10.8 Å². The number of oxazole rings is 1. The molecule has 0 aliphatic carbocycles. The summed E-state index contributed by atoms with van der Waals surface area (Å²) >= 11 is 0. The van der Waals surface area contributed by atoms with Crippen molar-refractivity contribution in [2.75, 3.05) is 5.32 Å². The van der Waals surface area contributed by atoms with Gasteiger partial charge in [0.1, 0.15) is 17.0 Å². The van der Waals surface area contributed by atoms with Crippen LogP contribution in [0, 0.1) is 24.0 Å². The Labute approximate surface area is 198 Å². The molecule has 0 bridgehead atoms. The third-order valence-corrected chi connectivity index (χ3v) is 5.68. The highest BCUT2D eigenvalue weighted by Crippen LogP contribution is 2.35. The third-order valence-electron chi connectivity index (χ3n) is 5.68. The van der Waals surface area contributed by atoms with Gasteiger partial charge in [0.25, 0.3) is 11.6 Å². The van der Waals surface area contributed by atoms with Gasteiger partial charge in [-0.05, 0) is 73.5 Å². The molecule has 5 aromatic rings. The largest absolute Gasteiger partial charge is 0.507 e. The van der Waals surface area contributed by atoms with E-state index in [4.69, 9.17) is 8.83 Å². The number of para-hydroxylation sites is 1. The Kier molecular flexibility index (Phi) is 5.29. The smallest absolute Gasteiger partial charge is 0.291 e. The van der Waals surface area contributed by atoms with E-state index in [1.807, 2.05) is 26.0 Å². The summed E-state index contributed by atoms with van der Waals surface area (Å²) in [4.78, 5) is 28.0. The molecule has 0 spiro atoms. The van der Waals surface area contributed by atoms with Gasteiger partial charge in [0.05, 0.1) is 16.1 Å². The van der Waals surface area contributed by atoms with Crippen LogP contribution in [0.4, 0.5) is 11.4 Å². The van der Waals surface area contributed by atoms with Gasteiger partial charge in [0.2, 0.25) is 5.89 Å². The van der Waals surface area contributed by atoms with Crippen LogP contribution in [0.1, 0.15) is 21.7 Å². The Morgan fingerprint density at radius 2 is 1.74 bits per heavy atom. The molecule has 9 heteroatoms. The van der Waals surface area contributed by atoms with E-state index in [9.17, 15) is 20.0 Å². The first-order valence-electron chi connectivity index (χ1n) is 10.7. The van der Waals surface area contributed by atoms with Gasteiger partial charge in [0, 0.05) is 11.8 Å². The summed E-state index contributed by atoms with van der Waals surface area (Å²) in [6, 6.07) is 17.4. The molecule has 0 saturated carbocycles. The minimum Gasteiger partial charge on any atom is -0.507 e. The van der Waals surface area contributed by atoms with E-state index >= 15 is 0 Å². The van der Waals surface area contributed by atoms with Crippen molar-refractivity contribution >= 4 is 28.4 Å². The van der Waals surface area contributed by atoms with Crippen LogP contribution in [-0.2, 0) is 0 Å². The summed E-state index contributed by atoms with van der Waals surface area (Å²) in [5.74, 6) is -0.225. The molecule has 3 aromatic carbocycles. The fraction of sp³-hybridized carbons (Fsp3) is 0.0769. The molecular weight excluding hydrogens is 450 g/mol. The second-order valence-electron chi connectivity index (χ2n) is 8.05. The van der Waals surface area contributed by atoms with Gasteiger partial charge in [-0.1, -0.05) is 12.1 Å². The number of amides is 1. The van der Waals surface area contributed by atoms with Crippen molar-refractivity contribution in [3.8, 4) is 28.5 Å². The summed E-state index contributed by atoms with van der Waals surface area (Å²) in [6.45, 7) is 3.95. The summed E-state index contributed by atoms with van der Waals surface area (Å²) in [5, 5.41) is 24.4. The van der Waals surface area contributed by atoms with E-state index in [1.165, 1.54) is 30.3 Å². The van der Waals surface area contributed by atoms with Crippen LogP contribution < -0.4 is 5.32 Å². The van der Waals surface area contributed by atoms with Crippen molar-refractivity contribution in [3.05, 3.63) is 93.7 Å². The Balaban J connectivity index is 1.42. The van der Waals surface area contributed by atoms with Crippen LogP contribution in [0.3, 0.4) is 0 Å². The van der Waals surface area contributed by atoms with Gasteiger partial charge in [0.15, 0.2) is 11.3 Å². The molecule has 35 heavy (non-hydrogen) atoms. The zero-order valence-electron chi connectivity index (χ0n) is 18.7. The lowest BCUT2D eigenvalue weighted by Crippen LogP contribution is -2.10. The number of hydrogen-bond acceptors (Lipinski definition) is 7. The molecule has 2 aromatic heterocycles. The van der Waals surface area contributed by atoms with E-state index in [0.717, 1.165) is 11.1 Å². The van der Waals surface area contributed by atoms with Gasteiger partial charge in [-0.15, -0.1) is 0 Å². The number of aryl methyl sites for hydroxylation is 2. The minimum absolute atomic E-state index is 0.0272. The zero-order valence-corrected chi connectivity index (χ0v) is 18.7. The summed E-state index contributed by atoms with van der Waals surface area (Å²) in [6.07, 6.45) is 0. The maximum absolute atomic E-state index is 12.8. The lowest BCUT2D eigenvalue weighted by Gasteiger charge is -2.06. The topological polar surface area (TPSA) is 132 Å². The van der Waals surface area contributed by atoms with Crippen LogP contribution in [0.2, 0.25) is 0 Å². The molecule has 1 amide bonds. The Hall–Kier alpha value is -4.92. The van der Waals surface area contributed by atoms with Gasteiger partial charge in [-0.2, -0.15) is 0 Å². The van der Waals surface area contributed by atoms with Gasteiger partial charge in [-0.3, -0.25) is 14.9 Å². The number of nitrogens with zero attached hydrogens (tertiary/aromatic N) is 2. The number of furan rings is 1. The number of benzene rings is 3. The van der Waals surface area contributed by atoms with Gasteiger partial charge < -0.3 is 19.3 Å². The fourth-order valence-electron chi connectivity index (χ4n) is 3.72. The highest BCUT2D eigenvalue weighted by Gasteiger charge is 2.20. The summed E-state index contributed by atoms with van der Waals surface area (Å²) in [7, 11) is 0. The zero-order chi connectivity index (χ0) is 24.7. The monoisotopic (exact) mass is 469 g/mol. The summed E-state index contributed by atoms with van der Waals surface area (Å²) < 4.78 is 11.4. The Bertz CT molecular complexity index is 1580. The average Bonchev–Trinajstić information content (AvgIpc) is 3.48. The van der Waals surface area contributed by atoms with Crippen molar-refractivity contribution in [1.29, 1.82) is 0 Å². The highest BCUT2D eigenvalue weighted by atomic mass is 16.6. The third kappa shape index (κ3) is 4.10. The van der Waals surface area contributed by atoms with Crippen LogP contribution in [-0.4, -0.2) is 20.9 Å². The molecule has 174 valence electrons. The molecule has 0 saturated heterocycles. The van der Waals surface area contributed by atoms with Crippen molar-refractivity contribution in [3.63, 3.8) is 0 Å². The molecule has 0 atom stereocenters. The number of carbonyl (C=O) groups excluding carboxylic acids is 1. The predicted octanol–water partition coefficient (Wildman–Crippen LogP) is 6.24. The number of phenols is 1. The second-order valence-corrected chi connectivity index (χ2v) is 8.05. The summed E-state index contributed by atoms with van der Waals surface area (Å²) in [5.41, 5.74) is 4.22. The molecule has 9 nitrogen and oxygen atoms in total. The molecule has 0 fully saturated rings. The van der Waals surface area contributed by atoms with Crippen molar-refractivity contribution in [2.45, 2.75) is 13.8 Å². The number of aromatic hydroxyl groups is 1. The van der Waals surface area contributed by atoms with E-state index in [0.29, 0.717) is 22.4 Å². The lowest BCUT2D eigenvalue weighted by atomic mass is 10.1. The molecule has 0 aliphatic heterocycles. The number of fused-ring (bicyclic) bond motifs is 1. The average molecular weight is 469 g/mol. The van der Waals surface area contributed by atoms with Crippen LogP contribution in [0.5, 0.6) is 5.75 Å². The Morgan fingerprint density at radius 1 is 0.971 bits per heavy atom. The number of carbonyl (C=O) groups is 1. The first kappa shape index (κ1) is 21.9. The molecule has 5 rings (SSSR count). The maximum Gasteiger partial charge on any atom is 0.291 e. The SMILES string of the molecule is Cc1cc2nc(-c3cc(NC(=O)c4ccc(-c5ccccc5[N+](=O)[O-])o4)ccc3O)oc2cc1C. The predicted molar refractivity (Wildman–Crippen MR) is 129 cm³/mol. The molecule has 0 aliphatic rings. The van der Waals surface area contributed by atoms with Crippen LogP contribution in [0.15, 0.2) is 75.6 Å². The quantitative estimate of drug-likeness (QED) is 0.177. The molecular formula is C26H19N3O6. The number of anilines is 1. The van der Waals surface area contributed by atoms with Gasteiger partial charge >= 0.3 is 0 Å². The molecule has 0 unspecified atom stereocenters. The second kappa shape index (κ2) is 8.45. The van der Waals surface area contributed by atoms with Gasteiger partial charge in [-0.25, -0.2) is 4.98 Å². The maximum atomic E-state index is 12.8. The first-order chi connectivity index (χ1) is 16.8. The molecule has 2 heterocycles. The number of phenolic OH excluding ortho intramolecular Hbond substituents is 1. The molecule has 0 radical (unpaired) electrons. The number of nitrogens with one attached hydrogen (secondary N) is 1. The number of aromatic nitrogens is 1. The van der Waals surface area contributed by atoms with Crippen molar-refractivity contribution < 1.29 is 23.7 Å². The number of hydrogen-bond donors (Lipinski definition) is 2. The lowest BCUT2D eigenvalue weighted by molar-refractivity contribution is -0.384. The van der Waals surface area contributed by atoms with E-state index in [1.54, 1.807) is 24.3 Å². The van der Waals surface area contributed by atoms with Crippen molar-refractivity contribution in [1.82, 2.24) is 4.98 Å². The van der Waals surface area contributed by atoms with Crippen LogP contribution in [0.25, 0.3) is 33.9 Å². The fourth-order valence-corrected chi connectivity index (χ4v) is 3.72. The van der Waals surface area contributed by atoms with E-state index in [2.05, 4.69) is 10.3 Å². The standard InChI is InChI=1S/C26H19N3O6/c1-14-11-19-24(12-15(14)2)35-26(28-19)18-13-16(7-8-21(18)30)27-25(31)23-10-9-22(34-23)17-5-3-4-6-20(17)29(32)33/h3-13,30H,1-2H3,(H,27,31). The highest BCUT2D eigenvalue weighted by molar-refractivity contribution is 6.03. The Morgan fingerprint density at radius 3 is 2.54 bits per heavy atom. The molecule has 2 N–H and O–H groups in total. The first-order valence-corrected chi connectivity index (χ1v) is 10.7. The number of rotatable bonds is 5. The van der Waals surface area contributed by atoms with Crippen molar-refractivity contribution in [2.24, 2.45) is 0 Å². The van der Waals surface area contributed by atoms with Crippen LogP contribution >= 0.6 is 0 Å².